The summed E-state index contributed by atoms with van der Waals surface area (Å²) in [6.07, 6.45) is 2.03. The monoisotopic (exact) mass is 377 g/mol. The summed E-state index contributed by atoms with van der Waals surface area (Å²) >= 11 is 1.67. The zero-order valence-corrected chi connectivity index (χ0v) is 16.3. The Hall–Kier alpha value is -1.50. The van der Waals surface area contributed by atoms with E-state index in [9.17, 15) is 13.0 Å². The van der Waals surface area contributed by atoms with Gasteiger partial charge in [-0.05, 0) is 48.6 Å². The molecule has 0 saturated carbocycles. The molecule has 0 spiro atoms. The lowest BCUT2D eigenvalue weighted by atomic mass is 10.0. The summed E-state index contributed by atoms with van der Waals surface area (Å²) in [7, 11) is -4.22. The highest BCUT2D eigenvalue weighted by Gasteiger charge is 2.36. The molecule has 0 amide bonds. The zero-order valence-electron chi connectivity index (χ0n) is 14.7. The maximum Gasteiger partial charge on any atom is 0.286 e. The Morgan fingerprint density at radius 3 is 2.40 bits per heavy atom. The third-order valence-corrected chi connectivity index (χ3v) is 6.90. The molecule has 1 atom stereocenters. The van der Waals surface area contributed by atoms with Crippen molar-refractivity contribution in [1.82, 2.24) is 0 Å². The van der Waals surface area contributed by atoms with Crippen LogP contribution in [0.1, 0.15) is 38.3 Å². The van der Waals surface area contributed by atoms with Gasteiger partial charge in [-0.3, -0.25) is 4.55 Å². The lowest BCUT2D eigenvalue weighted by molar-refractivity contribution is 0.464. The Bertz CT molecular complexity index is 894. The largest absolute Gasteiger partial charge is 0.319 e. The topological polar surface area (TPSA) is 57.6 Å². The summed E-state index contributed by atoms with van der Waals surface area (Å²) in [6, 6.07) is 12.1. The van der Waals surface area contributed by atoms with Crippen LogP contribution in [-0.2, 0) is 23.0 Å². The van der Waals surface area contributed by atoms with Crippen LogP contribution in [-0.4, -0.2) is 18.3 Å². The van der Waals surface area contributed by atoms with E-state index in [4.69, 9.17) is 0 Å². The first-order valence-electron chi connectivity index (χ1n) is 8.58. The molecule has 0 bridgehead atoms. The van der Waals surface area contributed by atoms with Crippen LogP contribution in [0.4, 0.5) is 11.4 Å². The molecule has 1 N–H and O–H groups in total. The van der Waals surface area contributed by atoms with Gasteiger partial charge in [-0.2, -0.15) is 8.42 Å². The summed E-state index contributed by atoms with van der Waals surface area (Å²) in [5.74, 6) is 0. The molecule has 0 aromatic heterocycles. The number of aryl methyl sites for hydroxylation is 2. The number of benzene rings is 2. The van der Waals surface area contributed by atoms with Crippen LogP contribution in [0.3, 0.4) is 0 Å². The van der Waals surface area contributed by atoms with E-state index >= 15 is 0 Å². The Morgan fingerprint density at radius 1 is 1.08 bits per heavy atom. The van der Waals surface area contributed by atoms with Crippen molar-refractivity contribution in [3.63, 3.8) is 0 Å². The summed E-state index contributed by atoms with van der Waals surface area (Å²) < 4.78 is 34.1. The van der Waals surface area contributed by atoms with Gasteiger partial charge in [-0.25, -0.2) is 0 Å². The second kappa shape index (κ2) is 7.02. The van der Waals surface area contributed by atoms with E-state index in [1.807, 2.05) is 29.2 Å². The van der Waals surface area contributed by atoms with Crippen LogP contribution >= 0.6 is 11.8 Å². The second-order valence-corrected chi connectivity index (χ2v) is 8.78. The molecule has 3 rings (SSSR count). The summed E-state index contributed by atoms with van der Waals surface area (Å²) in [6.45, 7) is 5.98. The molecule has 0 saturated heterocycles. The summed E-state index contributed by atoms with van der Waals surface area (Å²) in [4.78, 5) is 3.87. The number of nitrogens with zero attached hydrogens (tertiary/aromatic N) is 1. The van der Waals surface area contributed by atoms with Crippen molar-refractivity contribution in [1.29, 1.82) is 0 Å². The molecule has 1 aliphatic rings. The first-order chi connectivity index (χ1) is 11.9. The third kappa shape index (κ3) is 3.30. The van der Waals surface area contributed by atoms with E-state index in [2.05, 4.69) is 26.0 Å². The third-order valence-electron chi connectivity index (χ3n) is 4.57. The van der Waals surface area contributed by atoms with Gasteiger partial charge in [-0.15, -0.1) is 0 Å². The van der Waals surface area contributed by atoms with E-state index in [1.54, 1.807) is 18.7 Å². The molecule has 25 heavy (non-hydrogen) atoms. The van der Waals surface area contributed by atoms with Crippen LogP contribution in [0.25, 0.3) is 0 Å². The predicted octanol–water partition coefficient (Wildman–Crippen LogP) is 5.04. The van der Waals surface area contributed by atoms with Crippen molar-refractivity contribution in [2.45, 2.75) is 55.2 Å². The SMILES string of the molecule is CCc1cc(CC)c2c(c1)Sc1ccccc1N2C(CC)S(=O)(=O)O. The van der Waals surface area contributed by atoms with Gasteiger partial charge in [0.05, 0.1) is 11.4 Å². The quantitative estimate of drug-likeness (QED) is 0.740. The van der Waals surface area contributed by atoms with Crippen molar-refractivity contribution < 1.29 is 13.0 Å². The van der Waals surface area contributed by atoms with Gasteiger partial charge < -0.3 is 4.90 Å². The van der Waals surface area contributed by atoms with Gasteiger partial charge >= 0.3 is 0 Å². The highest BCUT2D eigenvalue weighted by Crippen LogP contribution is 2.51. The number of fused-ring (bicyclic) bond motifs is 2. The molecule has 4 nitrogen and oxygen atoms in total. The highest BCUT2D eigenvalue weighted by molar-refractivity contribution is 7.99. The number of anilines is 2. The molecule has 0 aliphatic carbocycles. The van der Waals surface area contributed by atoms with Crippen LogP contribution in [0.15, 0.2) is 46.2 Å². The van der Waals surface area contributed by atoms with E-state index in [0.29, 0.717) is 6.42 Å². The number of hydrogen-bond donors (Lipinski definition) is 1. The lowest BCUT2D eigenvalue weighted by Gasteiger charge is -2.38. The highest BCUT2D eigenvalue weighted by atomic mass is 32.2. The Morgan fingerprint density at radius 2 is 1.80 bits per heavy atom. The maximum atomic E-state index is 12.1. The van der Waals surface area contributed by atoms with E-state index in [-0.39, 0.29) is 0 Å². The molecule has 1 unspecified atom stereocenters. The fourth-order valence-corrected chi connectivity index (χ4v) is 5.46. The molecule has 134 valence electrons. The van der Waals surface area contributed by atoms with Gasteiger partial charge in [-0.1, -0.05) is 50.7 Å². The molecule has 1 heterocycles. The van der Waals surface area contributed by atoms with Crippen LogP contribution < -0.4 is 4.90 Å². The Labute approximate surface area is 154 Å². The lowest BCUT2D eigenvalue weighted by Crippen LogP contribution is -2.39. The first-order valence-corrected chi connectivity index (χ1v) is 10.9. The molecule has 0 radical (unpaired) electrons. The van der Waals surface area contributed by atoms with Crippen molar-refractivity contribution in [2.24, 2.45) is 0 Å². The fourth-order valence-electron chi connectivity index (χ4n) is 3.36. The van der Waals surface area contributed by atoms with Crippen molar-refractivity contribution >= 4 is 33.3 Å². The van der Waals surface area contributed by atoms with Gasteiger partial charge in [0.25, 0.3) is 10.1 Å². The molecule has 2 aromatic rings. The number of para-hydroxylation sites is 1. The Kier molecular flexibility index (Phi) is 5.14. The van der Waals surface area contributed by atoms with Gasteiger partial charge in [0, 0.05) is 9.79 Å². The van der Waals surface area contributed by atoms with Crippen molar-refractivity contribution in [2.75, 3.05) is 4.90 Å². The fraction of sp³-hybridized carbons (Fsp3) is 0.368. The van der Waals surface area contributed by atoms with Crippen molar-refractivity contribution in [3.05, 3.63) is 47.5 Å². The molecule has 6 heteroatoms. The number of hydrogen-bond acceptors (Lipinski definition) is 4. The average molecular weight is 378 g/mol. The molecular formula is C19H23NO3S2. The van der Waals surface area contributed by atoms with Crippen LogP contribution in [0.2, 0.25) is 0 Å². The zero-order chi connectivity index (χ0) is 18.2. The normalized spacial score (nSPS) is 14.8. The molecular weight excluding hydrogens is 354 g/mol. The minimum atomic E-state index is -4.22. The Balaban J connectivity index is 2.31. The molecule has 0 fully saturated rings. The predicted molar refractivity (Wildman–Crippen MR) is 104 cm³/mol. The van der Waals surface area contributed by atoms with Gasteiger partial charge in [0.2, 0.25) is 0 Å². The average Bonchev–Trinajstić information content (AvgIpc) is 2.59. The van der Waals surface area contributed by atoms with Crippen LogP contribution in [0.5, 0.6) is 0 Å². The minimum Gasteiger partial charge on any atom is -0.319 e. The molecule has 1 aliphatic heterocycles. The van der Waals surface area contributed by atoms with Crippen LogP contribution in [0, 0.1) is 0 Å². The second-order valence-electron chi connectivity index (χ2n) is 6.13. The maximum absolute atomic E-state index is 12.1. The first kappa shape index (κ1) is 18.3. The van der Waals surface area contributed by atoms with Crippen molar-refractivity contribution in [3.8, 4) is 0 Å². The van der Waals surface area contributed by atoms with Gasteiger partial charge in [0.1, 0.15) is 0 Å². The van der Waals surface area contributed by atoms with E-state index in [0.717, 1.165) is 39.6 Å². The minimum absolute atomic E-state index is 0.302. The van der Waals surface area contributed by atoms with Gasteiger partial charge in [0.15, 0.2) is 5.37 Å². The smallest absolute Gasteiger partial charge is 0.286 e. The summed E-state index contributed by atoms with van der Waals surface area (Å²) in [5, 5.41) is -0.994. The molecule has 2 aromatic carbocycles. The number of rotatable bonds is 5. The van der Waals surface area contributed by atoms with E-state index < -0.39 is 15.5 Å². The summed E-state index contributed by atoms with van der Waals surface area (Å²) in [5.41, 5.74) is 4.09. The standard InChI is InChI=1S/C19H23NO3S2/c1-4-13-11-14(5-2)19-17(12-13)24-16-10-8-7-9-15(16)20(19)18(6-3)25(21,22)23/h7-12,18H,4-6H2,1-3H3,(H,21,22,23). The van der Waals surface area contributed by atoms with E-state index in [1.165, 1.54) is 5.56 Å².